The number of hydrogen-bond acceptors (Lipinski definition) is 4. The van der Waals surface area contributed by atoms with Crippen LogP contribution in [0.3, 0.4) is 0 Å². The van der Waals surface area contributed by atoms with Gasteiger partial charge in [-0.05, 0) is 44.7 Å². The van der Waals surface area contributed by atoms with Gasteiger partial charge in [0.1, 0.15) is 18.1 Å². The summed E-state index contributed by atoms with van der Waals surface area (Å²) in [5.41, 5.74) is 0.765. The van der Waals surface area contributed by atoms with Crippen LogP contribution in [0.15, 0.2) is 12.4 Å². The van der Waals surface area contributed by atoms with Crippen LogP contribution in [-0.2, 0) is 0 Å². The number of aromatic nitrogens is 2. The van der Waals surface area contributed by atoms with Crippen LogP contribution >= 0.6 is 0 Å². The normalized spacial score (nSPS) is 20.0. The smallest absolute Gasteiger partial charge is 0.217 e. The Hall–Kier alpha value is -1.60. The molecule has 1 aliphatic heterocycles. The molecule has 1 aliphatic carbocycles. The van der Waals surface area contributed by atoms with Gasteiger partial charge in [-0.1, -0.05) is 5.92 Å². The monoisotopic (exact) mass is 243 g/mol. The first-order chi connectivity index (χ1) is 8.90. The topological polar surface area (TPSA) is 47.0 Å². The third-order valence-corrected chi connectivity index (χ3v) is 3.20. The van der Waals surface area contributed by atoms with E-state index in [1.54, 1.807) is 0 Å². The molecular formula is C14H17N3O. The van der Waals surface area contributed by atoms with Crippen molar-refractivity contribution in [2.24, 2.45) is 5.92 Å². The number of piperidine rings is 1. The Morgan fingerprint density at radius 2 is 2.00 bits per heavy atom. The van der Waals surface area contributed by atoms with Crippen LogP contribution < -0.4 is 10.1 Å². The van der Waals surface area contributed by atoms with Gasteiger partial charge in [-0.2, -0.15) is 0 Å². The van der Waals surface area contributed by atoms with Gasteiger partial charge in [0.15, 0.2) is 0 Å². The molecule has 1 N–H and O–H groups in total. The molecule has 18 heavy (non-hydrogen) atoms. The van der Waals surface area contributed by atoms with E-state index in [1.165, 1.54) is 19.2 Å². The van der Waals surface area contributed by atoms with Crippen molar-refractivity contribution >= 4 is 0 Å². The van der Waals surface area contributed by atoms with Gasteiger partial charge < -0.3 is 10.1 Å². The predicted molar refractivity (Wildman–Crippen MR) is 68.2 cm³/mol. The minimum atomic E-state index is 0.269. The molecule has 0 bridgehead atoms. The zero-order valence-corrected chi connectivity index (χ0v) is 10.4. The van der Waals surface area contributed by atoms with Crippen molar-refractivity contribution in [3.8, 4) is 17.7 Å². The van der Waals surface area contributed by atoms with E-state index in [0.29, 0.717) is 11.8 Å². The lowest BCUT2D eigenvalue weighted by Gasteiger charge is -2.23. The first-order valence-electron chi connectivity index (χ1n) is 6.61. The number of rotatable bonds is 2. The molecule has 1 aromatic rings. The minimum Gasteiger partial charge on any atom is -0.474 e. The summed E-state index contributed by atoms with van der Waals surface area (Å²) in [5, 5.41) is 3.32. The van der Waals surface area contributed by atoms with E-state index in [9.17, 15) is 0 Å². The molecule has 94 valence electrons. The molecular weight excluding hydrogens is 226 g/mol. The third-order valence-electron chi connectivity index (χ3n) is 3.20. The highest BCUT2D eigenvalue weighted by Crippen LogP contribution is 2.27. The molecule has 2 heterocycles. The highest BCUT2D eigenvalue weighted by molar-refractivity contribution is 5.31. The summed E-state index contributed by atoms with van der Waals surface area (Å²) < 4.78 is 5.86. The van der Waals surface area contributed by atoms with E-state index in [0.717, 1.165) is 31.6 Å². The van der Waals surface area contributed by atoms with E-state index < -0.39 is 0 Å². The second kappa shape index (κ2) is 5.36. The van der Waals surface area contributed by atoms with Gasteiger partial charge in [-0.3, -0.25) is 0 Å². The van der Waals surface area contributed by atoms with E-state index in [1.807, 2.05) is 6.07 Å². The molecule has 2 aliphatic rings. The highest BCUT2D eigenvalue weighted by atomic mass is 16.5. The lowest BCUT2D eigenvalue weighted by molar-refractivity contribution is 0.155. The quantitative estimate of drug-likeness (QED) is 0.797. The van der Waals surface area contributed by atoms with Crippen molar-refractivity contribution in [3.05, 3.63) is 18.1 Å². The maximum atomic E-state index is 5.86. The lowest BCUT2D eigenvalue weighted by Crippen LogP contribution is -2.34. The molecule has 1 aromatic heterocycles. The zero-order valence-electron chi connectivity index (χ0n) is 10.4. The largest absolute Gasteiger partial charge is 0.474 e. The second-order valence-corrected chi connectivity index (χ2v) is 4.85. The predicted octanol–water partition coefficient (Wildman–Crippen LogP) is 1.37. The SMILES string of the molecule is C(#CC1CC1)c1cc(OC2CCNCC2)ncn1. The van der Waals surface area contributed by atoms with E-state index in [2.05, 4.69) is 27.1 Å². The van der Waals surface area contributed by atoms with E-state index >= 15 is 0 Å². The standard InChI is InChI=1S/C14H17N3O/c1-2-11(1)3-4-12-9-14(17-10-16-12)18-13-5-7-15-8-6-13/h9-11,13,15H,1-2,5-8H2. The van der Waals surface area contributed by atoms with Crippen molar-refractivity contribution in [1.82, 2.24) is 15.3 Å². The summed E-state index contributed by atoms with van der Waals surface area (Å²) in [4.78, 5) is 8.31. The lowest BCUT2D eigenvalue weighted by atomic mass is 10.1. The van der Waals surface area contributed by atoms with Crippen LogP contribution in [0, 0.1) is 17.8 Å². The van der Waals surface area contributed by atoms with E-state index in [4.69, 9.17) is 4.74 Å². The Labute approximate surface area is 107 Å². The van der Waals surface area contributed by atoms with Gasteiger partial charge in [0, 0.05) is 12.0 Å². The van der Waals surface area contributed by atoms with Gasteiger partial charge in [0.25, 0.3) is 0 Å². The Balaban J connectivity index is 1.64. The Morgan fingerprint density at radius 1 is 1.17 bits per heavy atom. The van der Waals surface area contributed by atoms with Crippen LogP contribution in [0.4, 0.5) is 0 Å². The Morgan fingerprint density at radius 3 is 2.78 bits per heavy atom. The molecule has 4 heteroatoms. The number of nitrogens with one attached hydrogen (secondary N) is 1. The van der Waals surface area contributed by atoms with Crippen molar-refractivity contribution in [3.63, 3.8) is 0 Å². The first-order valence-corrected chi connectivity index (χ1v) is 6.61. The van der Waals surface area contributed by atoms with Crippen LogP contribution in [0.2, 0.25) is 0 Å². The molecule has 0 amide bonds. The second-order valence-electron chi connectivity index (χ2n) is 4.85. The summed E-state index contributed by atoms with van der Waals surface area (Å²) in [7, 11) is 0. The molecule has 0 atom stereocenters. The van der Waals surface area contributed by atoms with E-state index in [-0.39, 0.29) is 6.10 Å². The maximum Gasteiger partial charge on any atom is 0.217 e. The van der Waals surface area contributed by atoms with Crippen molar-refractivity contribution in [2.75, 3.05) is 13.1 Å². The molecule has 1 saturated carbocycles. The summed E-state index contributed by atoms with van der Waals surface area (Å²) in [6.07, 6.45) is 6.34. The fourth-order valence-electron chi connectivity index (χ4n) is 1.96. The van der Waals surface area contributed by atoms with Crippen LogP contribution in [-0.4, -0.2) is 29.2 Å². The fourth-order valence-corrected chi connectivity index (χ4v) is 1.96. The summed E-state index contributed by atoms with van der Waals surface area (Å²) in [6, 6.07) is 1.84. The van der Waals surface area contributed by atoms with Crippen LogP contribution in [0.5, 0.6) is 5.88 Å². The average Bonchev–Trinajstić information content (AvgIpc) is 3.22. The van der Waals surface area contributed by atoms with Crippen LogP contribution in [0.1, 0.15) is 31.4 Å². The average molecular weight is 243 g/mol. The molecule has 0 unspecified atom stereocenters. The van der Waals surface area contributed by atoms with Crippen molar-refractivity contribution in [2.45, 2.75) is 31.8 Å². The number of nitrogens with zero attached hydrogens (tertiary/aromatic N) is 2. The third kappa shape index (κ3) is 3.21. The van der Waals surface area contributed by atoms with Gasteiger partial charge >= 0.3 is 0 Å². The molecule has 3 rings (SSSR count). The summed E-state index contributed by atoms with van der Waals surface area (Å²) in [5.74, 6) is 7.53. The van der Waals surface area contributed by atoms with Gasteiger partial charge in [0.2, 0.25) is 5.88 Å². The molecule has 0 spiro atoms. The molecule has 4 nitrogen and oxygen atoms in total. The summed E-state index contributed by atoms with van der Waals surface area (Å²) >= 11 is 0. The van der Waals surface area contributed by atoms with Crippen molar-refractivity contribution < 1.29 is 4.74 Å². The van der Waals surface area contributed by atoms with Gasteiger partial charge in [-0.25, -0.2) is 9.97 Å². The fraction of sp³-hybridized carbons (Fsp3) is 0.571. The Kier molecular flexibility index (Phi) is 3.42. The van der Waals surface area contributed by atoms with Crippen molar-refractivity contribution in [1.29, 1.82) is 0 Å². The Bertz CT molecular complexity index is 467. The van der Waals surface area contributed by atoms with Crippen LogP contribution in [0.25, 0.3) is 0 Å². The maximum absolute atomic E-state index is 5.86. The first kappa shape index (κ1) is 11.5. The molecule has 1 saturated heterocycles. The minimum absolute atomic E-state index is 0.269. The molecule has 0 radical (unpaired) electrons. The molecule has 0 aromatic carbocycles. The van der Waals surface area contributed by atoms with Gasteiger partial charge in [-0.15, -0.1) is 0 Å². The number of hydrogen-bond donors (Lipinski definition) is 1. The zero-order chi connectivity index (χ0) is 12.2. The van der Waals surface area contributed by atoms with Gasteiger partial charge in [0.05, 0.1) is 0 Å². The number of ether oxygens (including phenoxy) is 1. The highest BCUT2D eigenvalue weighted by Gasteiger charge is 2.18. The molecule has 2 fully saturated rings. The summed E-state index contributed by atoms with van der Waals surface area (Å²) in [6.45, 7) is 2.04.